The van der Waals surface area contributed by atoms with E-state index in [2.05, 4.69) is 0 Å². The molecule has 0 bridgehead atoms. The number of ether oxygens (including phenoxy) is 2. The lowest BCUT2D eigenvalue weighted by Gasteiger charge is -2.37. The Morgan fingerprint density at radius 1 is 1.42 bits per heavy atom. The van der Waals surface area contributed by atoms with Gasteiger partial charge in [-0.05, 0) is 26.0 Å². The topological polar surface area (TPSA) is 59.0 Å². The number of carbonyl (C=O) groups is 1. The summed E-state index contributed by atoms with van der Waals surface area (Å²) in [6.07, 6.45) is -0.675. The number of hydrogen-bond donors (Lipinski definition) is 1. The van der Waals surface area contributed by atoms with Gasteiger partial charge in [0.05, 0.1) is 12.1 Å². The van der Waals surface area contributed by atoms with Crippen molar-refractivity contribution in [3.8, 4) is 11.5 Å². The SMILES string of the molecule is CN(C(=O)C1COc2ccccc2O1)C(C)(C)CO. The van der Waals surface area contributed by atoms with E-state index in [0.717, 1.165) is 0 Å². The second kappa shape index (κ2) is 5.09. The number of amides is 1. The van der Waals surface area contributed by atoms with Crippen molar-refractivity contribution in [2.45, 2.75) is 25.5 Å². The zero-order valence-corrected chi connectivity index (χ0v) is 11.4. The van der Waals surface area contributed by atoms with Crippen molar-refractivity contribution in [2.24, 2.45) is 0 Å². The van der Waals surface area contributed by atoms with Crippen LogP contribution in [0.25, 0.3) is 0 Å². The Labute approximate surface area is 112 Å². The summed E-state index contributed by atoms with van der Waals surface area (Å²) in [7, 11) is 1.66. The molecule has 0 saturated heterocycles. The number of benzene rings is 1. The van der Waals surface area contributed by atoms with Crippen molar-refractivity contribution in [3.05, 3.63) is 24.3 Å². The Morgan fingerprint density at radius 2 is 2.05 bits per heavy atom. The first-order chi connectivity index (χ1) is 8.95. The van der Waals surface area contributed by atoms with E-state index >= 15 is 0 Å². The van der Waals surface area contributed by atoms with E-state index in [1.54, 1.807) is 33.0 Å². The van der Waals surface area contributed by atoms with Gasteiger partial charge >= 0.3 is 0 Å². The van der Waals surface area contributed by atoms with Gasteiger partial charge in [-0.3, -0.25) is 4.79 Å². The molecule has 1 aliphatic heterocycles. The Hall–Kier alpha value is -1.75. The second-order valence-corrected chi connectivity index (χ2v) is 5.23. The molecule has 5 heteroatoms. The molecule has 1 aliphatic rings. The number of aliphatic hydroxyl groups excluding tert-OH is 1. The van der Waals surface area contributed by atoms with Crippen molar-refractivity contribution >= 4 is 5.91 Å². The van der Waals surface area contributed by atoms with Crippen molar-refractivity contribution in [3.63, 3.8) is 0 Å². The van der Waals surface area contributed by atoms with Gasteiger partial charge in [-0.2, -0.15) is 0 Å². The van der Waals surface area contributed by atoms with Gasteiger partial charge in [-0.25, -0.2) is 0 Å². The largest absolute Gasteiger partial charge is 0.485 e. The van der Waals surface area contributed by atoms with Gasteiger partial charge in [-0.15, -0.1) is 0 Å². The molecule has 1 amide bonds. The van der Waals surface area contributed by atoms with Gasteiger partial charge in [0, 0.05) is 7.05 Å². The third-order valence-electron chi connectivity index (χ3n) is 3.41. The molecule has 0 spiro atoms. The summed E-state index contributed by atoms with van der Waals surface area (Å²) in [6, 6.07) is 7.26. The van der Waals surface area contributed by atoms with Crippen molar-refractivity contribution in [2.75, 3.05) is 20.3 Å². The lowest BCUT2D eigenvalue weighted by atomic mass is 10.0. The quantitative estimate of drug-likeness (QED) is 0.887. The predicted octanol–water partition coefficient (Wildman–Crippen LogP) is 1.06. The van der Waals surface area contributed by atoms with E-state index in [4.69, 9.17) is 9.47 Å². The third-order valence-corrected chi connectivity index (χ3v) is 3.41. The highest BCUT2D eigenvalue weighted by molar-refractivity contribution is 5.82. The maximum absolute atomic E-state index is 12.3. The fraction of sp³-hybridized carbons (Fsp3) is 0.500. The van der Waals surface area contributed by atoms with E-state index in [-0.39, 0.29) is 19.1 Å². The van der Waals surface area contributed by atoms with Gasteiger partial charge < -0.3 is 19.5 Å². The molecule has 0 radical (unpaired) electrons. The molecule has 5 nitrogen and oxygen atoms in total. The average Bonchev–Trinajstić information content (AvgIpc) is 2.45. The van der Waals surface area contributed by atoms with Crippen LogP contribution in [0.3, 0.4) is 0 Å². The first kappa shape index (κ1) is 13.7. The monoisotopic (exact) mass is 265 g/mol. The molecule has 1 atom stereocenters. The molecule has 1 aromatic carbocycles. The van der Waals surface area contributed by atoms with Gasteiger partial charge in [0.25, 0.3) is 5.91 Å². The molecule has 1 N–H and O–H groups in total. The highest BCUT2D eigenvalue weighted by atomic mass is 16.6. The maximum atomic E-state index is 12.3. The van der Waals surface area contributed by atoms with Gasteiger partial charge in [0.2, 0.25) is 6.10 Å². The van der Waals surface area contributed by atoms with Gasteiger partial charge in [0.1, 0.15) is 6.61 Å². The third kappa shape index (κ3) is 2.66. The summed E-state index contributed by atoms with van der Waals surface area (Å²) >= 11 is 0. The fourth-order valence-corrected chi connectivity index (χ4v) is 1.76. The molecule has 0 aromatic heterocycles. The summed E-state index contributed by atoms with van der Waals surface area (Å²) < 4.78 is 11.2. The number of rotatable bonds is 3. The predicted molar refractivity (Wildman–Crippen MR) is 70.3 cm³/mol. The smallest absolute Gasteiger partial charge is 0.267 e. The molecule has 1 heterocycles. The zero-order valence-electron chi connectivity index (χ0n) is 11.4. The highest BCUT2D eigenvalue weighted by Gasteiger charge is 2.35. The molecule has 2 rings (SSSR count). The first-order valence-corrected chi connectivity index (χ1v) is 6.23. The maximum Gasteiger partial charge on any atom is 0.267 e. The highest BCUT2D eigenvalue weighted by Crippen LogP contribution is 2.31. The van der Waals surface area contributed by atoms with Crippen molar-refractivity contribution in [1.82, 2.24) is 4.90 Å². The molecule has 0 aliphatic carbocycles. The van der Waals surface area contributed by atoms with Crippen LogP contribution in [0.1, 0.15) is 13.8 Å². The Balaban J connectivity index is 2.11. The number of likely N-dealkylation sites (N-methyl/N-ethyl adjacent to an activating group) is 1. The molecule has 104 valence electrons. The lowest BCUT2D eigenvalue weighted by molar-refractivity contribution is -0.146. The van der Waals surface area contributed by atoms with Crippen LogP contribution in [-0.2, 0) is 4.79 Å². The number of para-hydroxylation sites is 2. The summed E-state index contributed by atoms with van der Waals surface area (Å²) in [5.41, 5.74) is -0.628. The number of carbonyl (C=O) groups excluding carboxylic acids is 1. The minimum Gasteiger partial charge on any atom is -0.485 e. The van der Waals surface area contributed by atoms with Crippen LogP contribution in [0.2, 0.25) is 0 Å². The second-order valence-electron chi connectivity index (χ2n) is 5.23. The van der Waals surface area contributed by atoms with Crippen LogP contribution >= 0.6 is 0 Å². The van der Waals surface area contributed by atoms with Crippen molar-refractivity contribution in [1.29, 1.82) is 0 Å². The van der Waals surface area contributed by atoms with Crippen LogP contribution in [0.4, 0.5) is 0 Å². The molecular weight excluding hydrogens is 246 g/mol. The van der Waals surface area contributed by atoms with E-state index < -0.39 is 11.6 Å². The van der Waals surface area contributed by atoms with E-state index in [9.17, 15) is 9.90 Å². The minimum absolute atomic E-state index is 0.112. The van der Waals surface area contributed by atoms with Crippen molar-refractivity contribution < 1.29 is 19.4 Å². The number of nitrogens with zero attached hydrogens (tertiary/aromatic N) is 1. The number of hydrogen-bond acceptors (Lipinski definition) is 4. The summed E-state index contributed by atoms with van der Waals surface area (Å²) in [4.78, 5) is 13.8. The minimum atomic E-state index is -0.675. The first-order valence-electron chi connectivity index (χ1n) is 6.23. The molecule has 1 unspecified atom stereocenters. The Bertz CT molecular complexity index is 472. The normalized spacial score (nSPS) is 18.0. The van der Waals surface area contributed by atoms with E-state index in [1.165, 1.54) is 4.90 Å². The number of fused-ring (bicyclic) bond motifs is 1. The average molecular weight is 265 g/mol. The Morgan fingerprint density at radius 3 is 2.68 bits per heavy atom. The molecular formula is C14H19NO4. The summed E-state index contributed by atoms with van der Waals surface area (Å²) in [5.74, 6) is 1.02. The molecule has 1 aromatic rings. The summed E-state index contributed by atoms with van der Waals surface area (Å²) in [6.45, 7) is 3.66. The van der Waals surface area contributed by atoms with Gasteiger partial charge in [-0.1, -0.05) is 12.1 Å². The van der Waals surface area contributed by atoms with Crippen LogP contribution < -0.4 is 9.47 Å². The van der Waals surface area contributed by atoms with E-state index in [0.29, 0.717) is 11.5 Å². The van der Waals surface area contributed by atoms with Gasteiger partial charge in [0.15, 0.2) is 11.5 Å². The summed E-state index contributed by atoms with van der Waals surface area (Å²) in [5, 5.41) is 9.30. The van der Waals surface area contributed by atoms with Crippen LogP contribution in [0.5, 0.6) is 11.5 Å². The van der Waals surface area contributed by atoms with Crippen LogP contribution in [0, 0.1) is 0 Å². The molecule has 0 fully saturated rings. The van der Waals surface area contributed by atoms with E-state index in [1.807, 2.05) is 12.1 Å². The number of aliphatic hydroxyl groups is 1. The zero-order chi connectivity index (χ0) is 14.0. The Kier molecular flexibility index (Phi) is 3.66. The molecule has 19 heavy (non-hydrogen) atoms. The lowest BCUT2D eigenvalue weighted by Crippen LogP contribution is -2.54. The van der Waals surface area contributed by atoms with Crippen LogP contribution in [0.15, 0.2) is 24.3 Å². The fourth-order valence-electron chi connectivity index (χ4n) is 1.76. The molecule has 0 saturated carbocycles. The standard InChI is InChI=1S/C14H19NO4/c1-14(2,9-16)15(3)13(17)12-8-18-10-6-4-5-7-11(10)19-12/h4-7,12,16H,8-9H2,1-3H3. The van der Waals surface area contributed by atoms with Crippen LogP contribution in [-0.4, -0.2) is 47.8 Å².